The molecule has 1 heterocycles. The first-order valence-electron chi connectivity index (χ1n) is 8.11. The Labute approximate surface area is 153 Å². The average Bonchev–Trinajstić information content (AvgIpc) is 3.11. The Morgan fingerprint density at radius 2 is 1.92 bits per heavy atom. The molecular weight excluding hydrogens is 358 g/mol. The Bertz CT molecular complexity index is 959. The van der Waals surface area contributed by atoms with Gasteiger partial charge in [0.1, 0.15) is 0 Å². The monoisotopic (exact) mass is 371 g/mol. The van der Waals surface area contributed by atoms with Crippen LogP contribution in [0.1, 0.15) is 29.5 Å². The normalized spacial score (nSPS) is 23.0. The highest BCUT2D eigenvalue weighted by Gasteiger charge is 2.42. The molecule has 0 amide bonds. The summed E-state index contributed by atoms with van der Waals surface area (Å²) in [7, 11) is 0. The lowest BCUT2D eigenvalue weighted by molar-refractivity contribution is -0.385. The van der Waals surface area contributed by atoms with Crippen LogP contribution in [-0.4, -0.2) is 9.85 Å². The van der Waals surface area contributed by atoms with Crippen molar-refractivity contribution in [2.24, 2.45) is 5.92 Å². The topological polar surface area (TPSA) is 98.3 Å². The van der Waals surface area contributed by atoms with E-state index in [0.717, 1.165) is 12.0 Å². The molecule has 0 aromatic heterocycles. The second-order valence-electron chi connectivity index (χ2n) is 6.44. The minimum atomic E-state index is -0.428. The van der Waals surface area contributed by atoms with Crippen molar-refractivity contribution in [2.45, 2.75) is 18.4 Å². The molecule has 1 N–H and O–H groups in total. The molecule has 0 bridgehead atoms. The van der Waals surface area contributed by atoms with E-state index in [-0.39, 0.29) is 29.3 Å². The second-order valence-corrected chi connectivity index (χ2v) is 6.85. The molecule has 1 aliphatic heterocycles. The third kappa shape index (κ3) is 2.52. The lowest BCUT2D eigenvalue weighted by Gasteiger charge is -2.37. The zero-order valence-corrected chi connectivity index (χ0v) is 14.2. The smallest absolute Gasteiger partial charge is 0.275 e. The van der Waals surface area contributed by atoms with Crippen LogP contribution in [0.15, 0.2) is 48.6 Å². The zero-order chi connectivity index (χ0) is 18.4. The SMILES string of the molecule is O=[N+]([O-])c1cccc([C@@H]2Nc3c(Cl)ccc([N+](=O)[O-])c3[C@H]3C=CC[C@H]32)c1. The van der Waals surface area contributed by atoms with Gasteiger partial charge in [0.2, 0.25) is 0 Å². The number of nitrogens with one attached hydrogen (secondary N) is 1. The van der Waals surface area contributed by atoms with Crippen molar-refractivity contribution < 1.29 is 9.85 Å². The van der Waals surface area contributed by atoms with Gasteiger partial charge in [0.25, 0.3) is 11.4 Å². The number of allylic oxidation sites excluding steroid dienone is 2. The number of rotatable bonds is 3. The van der Waals surface area contributed by atoms with Crippen molar-refractivity contribution in [3.05, 3.63) is 84.9 Å². The summed E-state index contributed by atoms with van der Waals surface area (Å²) in [6.45, 7) is 0. The molecule has 0 radical (unpaired) electrons. The molecule has 0 fully saturated rings. The number of non-ortho nitro benzene ring substituents is 1. The third-order valence-electron chi connectivity index (χ3n) is 5.08. The predicted molar refractivity (Wildman–Crippen MR) is 97.6 cm³/mol. The Morgan fingerprint density at radius 1 is 1.12 bits per heavy atom. The van der Waals surface area contributed by atoms with E-state index >= 15 is 0 Å². The van der Waals surface area contributed by atoms with Crippen LogP contribution < -0.4 is 5.32 Å². The number of nitro benzene ring substituents is 2. The first-order chi connectivity index (χ1) is 12.5. The van der Waals surface area contributed by atoms with E-state index in [1.54, 1.807) is 12.1 Å². The van der Waals surface area contributed by atoms with E-state index in [0.29, 0.717) is 16.3 Å². The summed E-state index contributed by atoms with van der Waals surface area (Å²) in [5.41, 5.74) is 1.94. The van der Waals surface area contributed by atoms with Crippen LogP contribution in [0.2, 0.25) is 5.02 Å². The highest BCUT2D eigenvalue weighted by Crippen LogP contribution is 2.54. The maximum atomic E-state index is 11.5. The van der Waals surface area contributed by atoms with E-state index in [1.165, 1.54) is 18.2 Å². The summed E-state index contributed by atoms with van der Waals surface area (Å²) in [4.78, 5) is 21.8. The molecular formula is C18H14ClN3O4. The fourth-order valence-corrected chi connectivity index (χ4v) is 4.19. The number of halogens is 1. The van der Waals surface area contributed by atoms with Gasteiger partial charge in [-0.1, -0.05) is 35.9 Å². The number of fused-ring (bicyclic) bond motifs is 3. The average molecular weight is 372 g/mol. The van der Waals surface area contributed by atoms with Gasteiger partial charge in [0.15, 0.2) is 0 Å². The van der Waals surface area contributed by atoms with Gasteiger partial charge in [0, 0.05) is 24.1 Å². The number of nitrogens with zero attached hydrogens (tertiary/aromatic N) is 2. The zero-order valence-electron chi connectivity index (χ0n) is 13.5. The molecule has 8 heteroatoms. The number of nitro groups is 2. The first-order valence-corrected chi connectivity index (χ1v) is 8.49. The summed E-state index contributed by atoms with van der Waals surface area (Å²) in [5, 5.41) is 26.3. The standard InChI is InChI=1S/C18H14ClN3O4/c19-14-7-8-15(22(25)26)16-12-5-2-6-13(12)17(20-18(14)16)10-3-1-4-11(9-10)21(23)24/h1-5,7-9,12-13,17,20H,6H2/t12-,13+,17-/m0/s1. The van der Waals surface area contributed by atoms with Crippen LogP contribution in [0.5, 0.6) is 0 Å². The van der Waals surface area contributed by atoms with Gasteiger partial charge >= 0.3 is 0 Å². The molecule has 0 unspecified atom stereocenters. The second kappa shape index (κ2) is 6.10. The number of benzene rings is 2. The number of hydrogen-bond acceptors (Lipinski definition) is 5. The minimum absolute atomic E-state index is 0.0164. The largest absolute Gasteiger partial charge is 0.376 e. The molecule has 26 heavy (non-hydrogen) atoms. The molecule has 2 aromatic rings. The van der Waals surface area contributed by atoms with E-state index in [2.05, 4.69) is 5.32 Å². The van der Waals surface area contributed by atoms with Crippen molar-refractivity contribution in [3.63, 3.8) is 0 Å². The van der Waals surface area contributed by atoms with Gasteiger partial charge in [-0.15, -0.1) is 0 Å². The van der Waals surface area contributed by atoms with Gasteiger partial charge in [0.05, 0.1) is 32.2 Å². The van der Waals surface area contributed by atoms with E-state index < -0.39 is 9.85 Å². The molecule has 7 nitrogen and oxygen atoms in total. The van der Waals surface area contributed by atoms with Crippen molar-refractivity contribution in [2.75, 3.05) is 5.32 Å². The number of hydrogen-bond donors (Lipinski definition) is 1. The third-order valence-corrected chi connectivity index (χ3v) is 5.40. The molecule has 2 aliphatic rings. The Morgan fingerprint density at radius 3 is 2.65 bits per heavy atom. The Kier molecular flexibility index (Phi) is 3.88. The molecule has 2 aromatic carbocycles. The van der Waals surface area contributed by atoms with Gasteiger partial charge in [-0.3, -0.25) is 20.2 Å². The van der Waals surface area contributed by atoms with Gasteiger partial charge < -0.3 is 5.32 Å². The van der Waals surface area contributed by atoms with Crippen LogP contribution in [0.4, 0.5) is 17.1 Å². The van der Waals surface area contributed by atoms with E-state index in [1.807, 2.05) is 18.2 Å². The Balaban J connectivity index is 1.85. The van der Waals surface area contributed by atoms with Crippen LogP contribution in [0, 0.1) is 26.1 Å². The fourth-order valence-electron chi connectivity index (χ4n) is 3.98. The van der Waals surface area contributed by atoms with Crippen LogP contribution in [0.3, 0.4) is 0 Å². The van der Waals surface area contributed by atoms with Crippen LogP contribution in [0.25, 0.3) is 0 Å². The highest BCUT2D eigenvalue weighted by atomic mass is 35.5. The summed E-state index contributed by atoms with van der Waals surface area (Å²) in [6.07, 6.45) is 4.70. The molecule has 0 saturated heterocycles. The van der Waals surface area contributed by atoms with Gasteiger partial charge in [-0.25, -0.2) is 0 Å². The first kappa shape index (κ1) is 16.5. The summed E-state index contributed by atoms with van der Waals surface area (Å²) >= 11 is 6.33. The fraction of sp³-hybridized carbons (Fsp3) is 0.222. The maximum Gasteiger partial charge on any atom is 0.275 e. The highest BCUT2D eigenvalue weighted by molar-refractivity contribution is 6.33. The predicted octanol–water partition coefficient (Wildman–Crippen LogP) is 4.98. The van der Waals surface area contributed by atoms with Gasteiger partial charge in [-0.05, 0) is 24.0 Å². The van der Waals surface area contributed by atoms with Crippen molar-refractivity contribution in [1.29, 1.82) is 0 Å². The van der Waals surface area contributed by atoms with Gasteiger partial charge in [-0.2, -0.15) is 0 Å². The molecule has 3 atom stereocenters. The van der Waals surface area contributed by atoms with Crippen LogP contribution in [-0.2, 0) is 0 Å². The van der Waals surface area contributed by atoms with Crippen molar-refractivity contribution >= 4 is 28.7 Å². The minimum Gasteiger partial charge on any atom is -0.376 e. The lowest BCUT2D eigenvalue weighted by atomic mass is 9.76. The van der Waals surface area contributed by atoms with Crippen LogP contribution >= 0.6 is 11.6 Å². The Hall–Kier alpha value is -2.93. The molecule has 1 aliphatic carbocycles. The maximum absolute atomic E-state index is 11.5. The lowest BCUT2D eigenvalue weighted by Crippen LogP contribution is -2.29. The summed E-state index contributed by atoms with van der Waals surface area (Å²) in [6, 6.07) is 9.19. The van der Waals surface area contributed by atoms with E-state index in [4.69, 9.17) is 11.6 Å². The molecule has 0 spiro atoms. The molecule has 132 valence electrons. The number of anilines is 1. The van der Waals surface area contributed by atoms with Crippen molar-refractivity contribution in [3.8, 4) is 0 Å². The molecule has 4 rings (SSSR count). The quantitative estimate of drug-likeness (QED) is 0.466. The molecule has 0 saturated carbocycles. The summed E-state index contributed by atoms with van der Waals surface area (Å²) < 4.78 is 0. The van der Waals surface area contributed by atoms with Crippen molar-refractivity contribution in [1.82, 2.24) is 0 Å². The van der Waals surface area contributed by atoms with E-state index in [9.17, 15) is 20.2 Å². The summed E-state index contributed by atoms with van der Waals surface area (Å²) in [5.74, 6) is -0.128.